The molecule has 1 saturated carbocycles. The second-order valence-corrected chi connectivity index (χ2v) is 13.3. The number of carbonyl (C=O) groups is 3. The van der Waals surface area contributed by atoms with Crippen LogP contribution in [0.5, 0.6) is 0 Å². The van der Waals surface area contributed by atoms with Crippen molar-refractivity contribution in [3.05, 3.63) is 0 Å². The Morgan fingerprint density at radius 3 is 2.19 bits per heavy atom. The largest absolute Gasteiger partial charge is 0.481 e. The van der Waals surface area contributed by atoms with E-state index in [-0.39, 0.29) is 36.2 Å². The molecule has 1 heterocycles. The average molecular weight is 525 g/mol. The number of carbonyl (C=O) groups excluding carboxylic acids is 2. The second-order valence-electron chi connectivity index (χ2n) is 13.3. The van der Waals surface area contributed by atoms with Crippen LogP contribution in [0.25, 0.3) is 0 Å². The summed E-state index contributed by atoms with van der Waals surface area (Å²) in [5.41, 5.74) is -2.27. The minimum absolute atomic E-state index is 0.177. The zero-order chi connectivity index (χ0) is 28.2. The highest BCUT2D eigenvalue weighted by molar-refractivity contribution is 6.45. The van der Waals surface area contributed by atoms with Crippen LogP contribution in [0.4, 0.5) is 4.79 Å². The van der Waals surface area contributed by atoms with Crippen molar-refractivity contribution in [2.75, 3.05) is 0 Å². The van der Waals surface area contributed by atoms with Gasteiger partial charge in [-0.15, -0.1) is 0 Å². The summed E-state index contributed by atoms with van der Waals surface area (Å²) in [6.07, 6.45) is 4.12. The maximum absolute atomic E-state index is 13.1. The van der Waals surface area contributed by atoms with Gasteiger partial charge in [0.15, 0.2) is 0 Å². The van der Waals surface area contributed by atoms with Crippen molar-refractivity contribution < 1.29 is 33.5 Å². The van der Waals surface area contributed by atoms with Crippen LogP contribution in [-0.4, -0.2) is 59.1 Å². The third kappa shape index (κ3) is 8.88. The fourth-order valence-electron chi connectivity index (χ4n) is 5.09. The monoisotopic (exact) mass is 524 g/mol. The number of rotatable bonds is 11. The lowest BCUT2D eigenvalue weighted by Gasteiger charge is -2.32. The quantitative estimate of drug-likeness (QED) is 0.259. The fraction of sp³-hybridized carbons (Fsp3) is 0.889. The molecule has 3 atom stereocenters. The molecule has 1 aliphatic carbocycles. The van der Waals surface area contributed by atoms with Crippen LogP contribution < -0.4 is 10.6 Å². The van der Waals surface area contributed by atoms with E-state index < -0.39 is 29.1 Å². The zero-order valence-corrected chi connectivity index (χ0v) is 24.4. The lowest BCUT2D eigenvalue weighted by atomic mass is 9.77. The Kier molecular flexibility index (Phi) is 10.1. The molecule has 2 fully saturated rings. The molecular formula is C27H49BN2O7. The summed E-state index contributed by atoms with van der Waals surface area (Å²) in [4.78, 5) is 37.7. The fourth-order valence-corrected chi connectivity index (χ4v) is 5.09. The molecule has 1 saturated heterocycles. The summed E-state index contributed by atoms with van der Waals surface area (Å²) in [5.74, 6) is -0.937. The number of hydrogen-bond acceptors (Lipinski definition) is 6. The van der Waals surface area contributed by atoms with Crippen LogP contribution in [-0.2, 0) is 23.6 Å². The maximum Gasteiger partial charge on any atom is 0.457 e. The van der Waals surface area contributed by atoms with Gasteiger partial charge in [-0.3, -0.25) is 9.59 Å². The predicted molar refractivity (Wildman–Crippen MR) is 143 cm³/mol. The minimum atomic E-state index is -0.861. The molecule has 10 heteroatoms. The molecule has 0 aromatic rings. The van der Waals surface area contributed by atoms with E-state index in [9.17, 15) is 19.5 Å². The number of hydrogen-bond donors (Lipinski definition) is 3. The normalized spacial score (nSPS) is 25.7. The maximum atomic E-state index is 13.1. The first-order valence-electron chi connectivity index (χ1n) is 13.7. The SMILES string of the molecule is CC(C)C[C@H](NC(=O)OC(C)(C)C)C(=O)N[C@H]1CC[C@@](CCCCB2OC(C)(C)C(C)(C)O2)(C(=O)O)C1. The minimum Gasteiger partial charge on any atom is -0.481 e. The Morgan fingerprint density at radius 1 is 1.08 bits per heavy atom. The average Bonchev–Trinajstić information content (AvgIpc) is 3.21. The molecule has 2 amide bonds. The van der Waals surface area contributed by atoms with Crippen LogP contribution in [0.3, 0.4) is 0 Å². The van der Waals surface area contributed by atoms with Crippen molar-refractivity contribution in [3.63, 3.8) is 0 Å². The standard InChI is InChI=1S/C27H49BN2O7/c1-18(2)16-20(30-23(34)35-24(3,4)5)21(31)29-19-12-14-27(17-19,22(32)33)13-10-11-15-28-36-25(6,7)26(8,9)37-28/h18-20H,10-17H2,1-9H3,(H,29,31)(H,30,34)(H,32,33)/t19-,20-,27+/m0/s1. The summed E-state index contributed by atoms with van der Waals surface area (Å²) < 4.78 is 17.4. The van der Waals surface area contributed by atoms with E-state index in [2.05, 4.69) is 10.6 Å². The summed E-state index contributed by atoms with van der Waals surface area (Å²) in [6.45, 7) is 17.3. The van der Waals surface area contributed by atoms with E-state index in [0.717, 1.165) is 19.2 Å². The molecule has 0 spiro atoms. The van der Waals surface area contributed by atoms with Crippen LogP contribution in [0.2, 0.25) is 6.32 Å². The van der Waals surface area contributed by atoms with Gasteiger partial charge in [0, 0.05) is 6.04 Å². The smallest absolute Gasteiger partial charge is 0.457 e. The van der Waals surface area contributed by atoms with Gasteiger partial charge < -0.3 is 29.8 Å². The van der Waals surface area contributed by atoms with Gasteiger partial charge in [-0.1, -0.05) is 26.7 Å². The molecule has 0 unspecified atom stereocenters. The lowest BCUT2D eigenvalue weighted by Crippen LogP contribution is -2.51. The Hall–Kier alpha value is -1.81. The summed E-state index contributed by atoms with van der Waals surface area (Å²) in [6, 6.07) is -0.989. The summed E-state index contributed by atoms with van der Waals surface area (Å²) in [5, 5.41) is 15.8. The molecule has 0 aromatic carbocycles. The number of unbranched alkanes of at least 4 members (excludes halogenated alkanes) is 1. The molecular weight excluding hydrogens is 475 g/mol. The molecule has 212 valence electrons. The van der Waals surface area contributed by atoms with E-state index in [0.29, 0.717) is 32.1 Å². The van der Waals surface area contributed by atoms with E-state index in [1.807, 2.05) is 41.5 Å². The van der Waals surface area contributed by atoms with Crippen molar-refractivity contribution in [3.8, 4) is 0 Å². The third-order valence-corrected chi connectivity index (χ3v) is 7.77. The molecule has 0 bridgehead atoms. The van der Waals surface area contributed by atoms with Gasteiger partial charge in [0.05, 0.1) is 16.6 Å². The number of alkyl carbamates (subject to hydrolysis) is 1. The van der Waals surface area contributed by atoms with Gasteiger partial charge >= 0.3 is 19.2 Å². The second kappa shape index (κ2) is 11.9. The van der Waals surface area contributed by atoms with Gasteiger partial charge in [0.2, 0.25) is 5.91 Å². The third-order valence-electron chi connectivity index (χ3n) is 7.77. The van der Waals surface area contributed by atoms with Crippen LogP contribution >= 0.6 is 0 Å². The number of carboxylic acid groups (broad SMARTS) is 1. The van der Waals surface area contributed by atoms with Crippen molar-refractivity contribution in [2.24, 2.45) is 11.3 Å². The molecule has 0 aromatic heterocycles. The van der Waals surface area contributed by atoms with Crippen LogP contribution in [0.1, 0.15) is 107 Å². The first-order valence-corrected chi connectivity index (χ1v) is 13.7. The molecule has 1 aliphatic heterocycles. The van der Waals surface area contributed by atoms with Crippen LogP contribution in [0, 0.1) is 11.3 Å². The highest BCUT2D eigenvalue weighted by Gasteiger charge is 2.51. The Labute approximate surface area is 223 Å². The number of carboxylic acids is 1. The molecule has 37 heavy (non-hydrogen) atoms. The number of amides is 2. The van der Waals surface area contributed by atoms with Crippen molar-refractivity contribution in [2.45, 2.75) is 142 Å². The molecule has 9 nitrogen and oxygen atoms in total. The molecule has 0 radical (unpaired) electrons. The van der Waals surface area contributed by atoms with Crippen LogP contribution in [0.15, 0.2) is 0 Å². The highest BCUT2D eigenvalue weighted by Crippen LogP contribution is 2.43. The van der Waals surface area contributed by atoms with Gasteiger partial charge in [-0.25, -0.2) is 4.79 Å². The lowest BCUT2D eigenvalue weighted by molar-refractivity contribution is -0.149. The molecule has 3 N–H and O–H groups in total. The summed E-state index contributed by atoms with van der Waals surface area (Å²) >= 11 is 0. The van der Waals surface area contributed by atoms with Gasteiger partial charge in [-0.2, -0.15) is 0 Å². The molecule has 2 rings (SSSR count). The first-order chi connectivity index (χ1) is 16.9. The topological polar surface area (TPSA) is 123 Å². The van der Waals surface area contributed by atoms with Gasteiger partial charge in [-0.05, 0) is 92.8 Å². The van der Waals surface area contributed by atoms with Crippen molar-refractivity contribution >= 4 is 25.1 Å². The van der Waals surface area contributed by atoms with Gasteiger partial charge in [0.1, 0.15) is 11.6 Å². The highest BCUT2D eigenvalue weighted by atomic mass is 16.7. The van der Waals surface area contributed by atoms with Gasteiger partial charge in [0.25, 0.3) is 0 Å². The van der Waals surface area contributed by atoms with Crippen molar-refractivity contribution in [1.29, 1.82) is 0 Å². The Morgan fingerprint density at radius 2 is 1.68 bits per heavy atom. The predicted octanol–water partition coefficient (Wildman–Crippen LogP) is 4.93. The number of aliphatic carboxylic acids is 1. The van der Waals surface area contributed by atoms with E-state index in [1.54, 1.807) is 20.8 Å². The Balaban J connectivity index is 1.90. The van der Waals surface area contributed by atoms with E-state index in [4.69, 9.17) is 14.0 Å². The van der Waals surface area contributed by atoms with E-state index in [1.165, 1.54) is 0 Å². The van der Waals surface area contributed by atoms with E-state index >= 15 is 0 Å². The zero-order valence-electron chi connectivity index (χ0n) is 24.4. The first kappa shape index (κ1) is 31.4. The molecule has 2 aliphatic rings. The Bertz CT molecular complexity index is 808. The van der Waals surface area contributed by atoms with Crippen molar-refractivity contribution in [1.82, 2.24) is 10.6 Å². The number of nitrogens with one attached hydrogen (secondary N) is 2. The number of ether oxygens (including phenoxy) is 1. The summed E-state index contributed by atoms with van der Waals surface area (Å²) in [7, 11) is -0.281.